The maximum absolute atomic E-state index is 13.3. The number of phenols is 1. The third-order valence-electron chi connectivity index (χ3n) is 8.92. The van der Waals surface area contributed by atoms with Crippen molar-refractivity contribution in [2.75, 3.05) is 20.1 Å². The number of likely N-dealkylation sites (tertiary alicyclic amines) is 1. The zero-order valence-electron chi connectivity index (χ0n) is 21.4. The van der Waals surface area contributed by atoms with Gasteiger partial charge in [0.2, 0.25) is 5.91 Å². The van der Waals surface area contributed by atoms with E-state index in [0.717, 1.165) is 23.3 Å². The molecule has 2 bridgehead atoms. The molecule has 2 N–H and O–H groups in total. The summed E-state index contributed by atoms with van der Waals surface area (Å²) in [5, 5.41) is 23.1. The van der Waals surface area contributed by atoms with Crippen molar-refractivity contribution in [1.29, 1.82) is 0 Å². The highest BCUT2D eigenvalue weighted by atomic mass is 19.4. The number of alkyl halides is 3. The normalized spacial score (nSPS) is 30.6. The van der Waals surface area contributed by atoms with E-state index in [1.807, 2.05) is 12.1 Å². The fourth-order valence-electron chi connectivity index (χ4n) is 7.14. The van der Waals surface area contributed by atoms with E-state index in [-0.39, 0.29) is 17.4 Å². The number of ether oxygens (including phenoxy) is 1. The van der Waals surface area contributed by atoms with Crippen LogP contribution < -0.4 is 4.74 Å². The van der Waals surface area contributed by atoms with Gasteiger partial charge in [0.05, 0.1) is 17.0 Å². The van der Waals surface area contributed by atoms with E-state index in [4.69, 9.17) is 4.74 Å². The Morgan fingerprint density at radius 2 is 2.10 bits per heavy atom. The monoisotopic (exact) mass is 538 g/mol. The fraction of sp³-hybridized carbons (Fsp3) is 0.367. The zero-order chi connectivity index (χ0) is 27.7. The van der Waals surface area contributed by atoms with Crippen molar-refractivity contribution in [3.63, 3.8) is 0 Å². The van der Waals surface area contributed by atoms with Crippen LogP contribution in [-0.4, -0.2) is 69.8 Å². The number of aromatic hydroxyl groups is 1. The lowest BCUT2D eigenvalue weighted by Crippen LogP contribution is -2.76. The molecular formula is C30H29F3N2O4. The lowest BCUT2D eigenvalue weighted by atomic mass is 9.50. The van der Waals surface area contributed by atoms with Gasteiger partial charge in [0.15, 0.2) is 11.5 Å². The second-order valence-electron chi connectivity index (χ2n) is 10.8. The number of likely N-dealkylation sites (N-methyl/N-ethyl adjacent to an activating group) is 1. The summed E-state index contributed by atoms with van der Waals surface area (Å²) in [4.78, 5) is 17.0. The van der Waals surface area contributed by atoms with E-state index in [0.29, 0.717) is 31.7 Å². The Labute approximate surface area is 224 Å². The van der Waals surface area contributed by atoms with Gasteiger partial charge >= 0.3 is 6.18 Å². The molecule has 2 aliphatic carbocycles. The molecule has 2 heterocycles. The third kappa shape index (κ3) is 3.59. The lowest BCUT2D eigenvalue weighted by molar-refractivity contribution is -0.152. The highest BCUT2D eigenvalue weighted by Gasteiger charge is 2.72. The number of hydrogen-bond donors (Lipinski definition) is 2. The average molecular weight is 539 g/mol. The van der Waals surface area contributed by atoms with Crippen molar-refractivity contribution < 1.29 is 32.9 Å². The van der Waals surface area contributed by atoms with Gasteiger partial charge in [-0.1, -0.05) is 36.4 Å². The molecule has 2 aromatic rings. The molecule has 0 unspecified atom stereocenters. The molecule has 5 atom stereocenters. The quantitative estimate of drug-likeness (QED) is 0.444. The van der Waals surface area contributed by atoms with Crippen molar-refractivity contribution in [2.45, 2.75) is 48.2 Å². The summed E-state index contributed by atoms with van der Waals surface area (Å²) in [7, 11) is 1.61. The smallest absolute Gasteiger partial charge is 0.416 e. The number of hydrogen-bond acceptors (Lipinski definition) is 5. The maximum atomic E-state index is 13.3. The molecule has 4 aliphatic rings. The predicted molar refractivity (Wildman–Crippen MR) is 139 cm³/mol. The fourth-order valence-corrected chi connectivity index (χ4v) is 7.14. The standard InChI is InChI=1S/C30H29F3N2O4/c1-3-14-35-15-13-28-25-19-8-9-22(36)26(25)39-27(28)21(11-12-29(28,38)23(35)17-19)34(2)24(37)10-7-18-5-4-6-20(16-18)30(31,32)33/h3-12,16,21,23,27,36,38H,1,13-15,17H2,2H3/t21-,23+,27-,28-,29+/m0/s1. The number of rotatable bonds is 5. The Kier molecular flexibility index (Phi) is 5.75. The Hall–Kier alpha value is -3.56. The summed E-state index contributed by atoms with van der Waals surface area (Å²) in [6, 6.07) is 7.43. The van der Waals surface area contributed by atoms with Crippen molar-refractivity contribution in [3.8, 4) is 11.5 Å². The topological polar surface area (TPSA) is 73.2 Å². The van der Waals surface area contributed by atoms with Crippen LogP contribution in [0.4, 0.5) is 13.2 Å². The summed E-state index contributed by atoms with van der Waals surface area (Å²) in [6.07, 6.45) is 3.94. The summed E-state index contributed by atoms with van der Waals surface area (Å²) in [5.41, 5.74) is -0.904. The highest BCUT2D eigenvalue weighted by molar-refractivity contribution is 5.92. The molecule has 9 heteroatoms. The van der Waals surface area contributed by atoms with E-state index in [1.54, 1.807) is 25.3 Å². The number of halogens is 3. The van der Waals surface area contributed by atoms with Gasteiger partial charge in [-0.05, 0) is 48.2 Å². The number of carbonyl (C=O) groups is 1. The summed E-state index contributed by atoms with van der Waals surface area (Å²) in [6.45, 7) is 5.17. The number of amides is 1. The molecule has 0 saturated carbocycles. The summed E-state index contributed by atoms with van der Waals surface area (Å²) in [5.74, 6) is -0.0889. The van der Waals surface area contributed by atoms with Crippen LogP contribution in [0.2, 0.25) is 0 Å². The molecule has 2 aromatic carbocycles. The maximum Gasteiger partial charge on any atom is 0.416 e. The molecule has 6 rings (SSSR count). The number of nitrogens with zero attached hydrogens (tertiary/aromatic N) is 2. The minimum absolute atomic E-state index is 0.0102. The third-order valence-corrected chi connectivity index (χ3v) is 8.92. The molecule has 204 valence electrons. The number of carbonyl (C=O) groups excluding carboxylic acids is 1. The van der Waals surface area contributed by atoms with E-state index in [9.17, 15) is 28.2 Å². The van der Waals surface area contributed by atoms with Crippen LogP contribution in [-0.2, 0) is 22.8 Å². The van der Waals surface area contributed by atoms with Gasteiger partial charge in [0, 0.05) is 37.8 Å². The van der Waals surface area contributed by atoms with E-state index in [1.165, 1.54) is 29.2 Å². The van der Waals surface area contributed by atoms with Gasteiger partial charge in [-0.2, -0.15) is 13.2 Å². The molecule has 1 spiro atoms. The van der Waals surface area contributed by atoms with Crippen molar-refractivity contribution >= 4 is 12.0 Å². The number of piperidine rings is 1. The predicted octanol–water partition coefficient (Wildman–Crippen LogP) is 4.07. The lowest BCUT2D eigenvalue weighted by Gasteiger charge is -2.62. The molecule has 1 fully saturated rings. The molecule has 0 radical (unpaired) electrons. The first-order valence-electron chi connectivity index (χ1n) is 12.9. The number of phenolic OH excluding ortho intramolecular Hbond substituents is 1. The number of benzene rings is 2. The molecule has 0 aromatic heterocycles. The number of aliphatic hydroxyl groups is 1. The van der Waals surface area contributed by atoms with Gasteiger partial charge in [-0.3, -0.25) is 9.69 Å². The van der Waals surface area contributed by atoms with Gasteiger partial charge < -0.3 is 19.8 Å². The minimum atomic E-state index is -4.48. The van der Waals surface area contributed by atoms with Crippen LogP contribution in [0.3, 0.4) is 0 Å². The molecule has 6 nitrogen and oxygen atoms in total. The first kappa shape index (κ1) is 25.7. The van der Waals surface area contributed by atoms with Gasteiger partial charge in [-0.15, -0.1) is 6.58 Å². The van der Waals surface area contributed by atoms with Crippen molar-refractivity contribution in [2.24, 2.45) is 0 Å². The summed E-state index contributed by atoms with van der Waals surface area (Å²) < 4.78 is 45.7. The van der Waals surface area contributed by atoms with E-state index >= 15 is 0 Å². The second kappa shape index (κ2) is 8.72. The zero-order valence-corrected chi connectivity index (χ0v) is 21.4. The second-order valence-corrected chi connectivity index (χ2v) is 10.8. The summed E-state index contributed by atoms with van der Waals surface area (Å²) >= 11 is 0. The van der Waals surface area contributed by atoms with Crippen molar-refractivity contribution in [1.82, 2.24) is 9.80 Å². The molecule has 2 aliphatic heterocycles. The first-order chi connectivity index (χ1) is 18.5. The average Bonchev–Trinajstić information content (AvgIpc) is 3.25. The van der Waals surface area contributed by atoms with E-state index in [2.05, 4.69) is 11.5 Å². The Morgan fingerprint density at radius 1 is 1.31 bits per heavy atom. The van der Waals surface area contributed by atoms with Crippen LogP contribution in [0.5, 0.6) is 11.5 Å². The SMILES string of the molecule is C=CCN1CC[C@]23c4c5ccc(O)c4O[C@H]2[C@@H](N(C)C(=O)C=Cc2cccc(C(F)(F)F)c2)C=C[C@@]3(O)[C@H]1C5. The molecular weight excluding hydrogens is 509 g/mol. The van der Waals surface area contributed by atoms with E-state index < -0.39 is 40.8 Å². The molecule has 1 amide bonds. The van der Waals surface area contributed by atoms with Gasteiger partial charge in [0.25, 0.3) is 0 Å². The van der Waals surface area contributed by atoms with Gasteiger partial charge in [0.1, 0.15) is 11.7 Å². The first-order valence-corrected chi connectivity index (χ1v) is 12.9. The Morgan fingerprint density at radius 3 is 2.85 bits per heavy atom. The highest BCUT2D eigenvalue weighted by Crippen LogP contribution is 2.64. The Balaban J connectivity index is 1.36. The van der Waals surface area contributed by atoms with Crippen LogP contribution in [0, 0.1) is 0 Å². The van der Waals surface area contributed by atoms with Gasteiger partial charge in [-0.25, -0.2) is 0 Å². The van der Waals surface area contributed by atoms with Crippen LogP contribution >= 0.6 is 0 Å². The van der Waals surface area contributed by atoms with Crippen LogP contribution in [0.25, 0.3) is 6.08 Å². The van der Waals surface area contributed by atoms with Crippen molar-refractivity contribution in [3.05, 3.63) is 89.5 Å². The Bertz CT molecular complexity index is 1420. The van der Waals surface area contributed by atoms with Crippen LogP contribution in [0.1, 0.15) is 28.7 Å². The minimum Gasteiger partial charge on any atom is -0.504 e. The largest absolute Gasteiger partial charge is 0.504 e. The molecule has 39 heavy (non-hydrogen) atoms. The molecule has 1 saturated heterocycles. The van der Waals surface area contributed by atoms with Crippen LogP contribution in [0.15, 0.2) is 67.3 Å².